The van der Waals surface area contributed by atoms with Gasteiger partial charge in [0.05, 0.1) is 0 Å². The number of carboxylic acids is 1. The largest absolute Gasteiger partial charge is 0.573 e. The Morgan fingerprint density at radius 2 is 1.83 bits per heavy atom. The van der Waals surface area contributed by atoms with Crippen LogP contribution in [0.2, 0.25) is 0 Å². The number of aryl methyl sites for hydroxylation is 1. The van der Waals surface area contributed by atoms with Gasteiger partial charge in [-0.05, 0) is 41.8 Å². The van der Waals surface area contributed by atoms with E-state index in [1.807, 2.05) is 0 Å². The molecule has 0 aliphatic heterocycles. The average Bonchev–Trinajstić information content (AvgIpc) is 2.45. The van der Waals surface area contributed by atoms with Crippen molar-refractivity contribution in [2.24, 2.45) is 0 Å². The number of hydrogen-bond donors (Lipinski definition) is 1. The molecular weight excluding hydrogens is 309 g/mol. The minimum atomic E-state index is -4.81. The summed E-state index contributed by atoms with van der Waals surface area (Å²) in [4.78, 5) is 10.6. The van der Waals surface area contributed by atoms with E-state index in [0.29, 0.717) is 11.1 Å². The molecule has 0 radical (unpaired) electrons. The molecule has 3 nitrogen and oxygen atoms in total. The Kier molecular flexibility index (Phi) is 4.74. The number of benzene rings is 2. The van der Waals surface area contributed by atoms with Gasteiger partial charge in [-0.3, -0.25) is 0 Å². The van der Waals surface area contributed by atoms with Crippen LogP contribution in [0.3, 0.4) is 0 Å². The first kappa shape index (κ1) is 16.6. The molecule has 0 aromatic heterocycles. The van der Waals surface area contributed by atoms with Crippen molar-refractivity contribution >= 4 is 12.0 Å². The van der Waals surface area contributed by atoms with E-state index in [1.54, 1.807) is 31.2 Å². The number of aliphatic carboxylic acids is 1. The maximum absolute atomic E-state index is 12.6. The van der Waals surface area contributed by atoms with Crippen LogP contribution in [0.15, 0.2) is 48.5 Å². The third kappa shape index (κ3) is 4.60. The Morgan fingerprint density at radius 1 is 1.13 bits per heavy atom. The highest BCUT2D eigenvalue weighted by Gasteiger charge is 2.32. The van der Waals surface area contributed by atoms with Crippen molar-refractivity contribution in [3.05, 3.63) is 59.7 Å². The monoisotopic (exact) mass is 322 g/mol. The molecule has 0 fully saturated rings. The molecular formula is C17H13F3O3. The fourth-order valence-corrected chi connectivity index (χ4v) is 2.12. The zero-order valence-electron chi connectivity index (χ0n) is 12.1. The van der Waals surface area contributed by atoms with Crippen molar-refractivity contribution in [3.63, 3.8) is 0 Å². The van der Waals surface area contributed by atoms with Crippen molar-refractivity contribution in [1.82, 2.24) is 0 Å². The first-order valence-electron chi connectivity index (χ1n) is 6.63. The molecule has 2 aromatic rings. The predicted octanol–water partition coefficient (Wildman–Crippen LogP) is 4.66. The third-order valence-electron chi connectivity index (χ3n) is 3.08. The first-order valence-corrected chi connectivity index (χ1v) is 6.63. The van der Waals surface area contributed by atoms with Crippen LogP contribution in [-0.4, -0.2) is 17.4 Å². The van der Waals surface area contributed by atoms with E-state index in [9.17, 15) is 18.0 Å². The molecule has 0 saturated carbocycles. The summed E-state index contributed by atoms with van der Waals surface area (Å²) in [6.45, 7) is 1.77. The van der Waals surface area contributed by atoms with E-state index >= 15 is 0 Å². The lowest BCUT2D eigenvalue weighted by Gasteiger charge is -2.15. The predicted molar refractivity (Wildman–Crippen MR) is 80.0 cm³/mol. The van der Waals surface area contributed by atoms with Crippen LogP contribution < -0.4 is 4.74 Å². The van der Waals surface area contributed by atoms with Gasteiger partial charge in [0.1, 0.15) is 5.75 Å². The van der Waals surface area contributed by atoms with Crippen LogP contribution in [0.1, 0.15) is 11.1 Å². The summed E-state index contributed by atoms with van der Waals surface area (Å²) in [5.41, 5.74) is 2.06. The summed E-state index contributed by atoms with van der Waals surface area (Å²) in [5.74, 6) is -1.47. The molecule has 0 atom stereocenters. The summed E-state index contributed by atoms with van der Waals surface area (Å²) >= 11 is 0. The third-order valence-corrected chi connectivity index (χ3v) is 3.08. The van der Waals surface area contributed by atoms with Crippen LogP contribution in [0, 0.1) is 6.92 Å². The number of rotatable bonds is 4. The smallest absolute Gasteiger partial charge is 0.478 e. The lowest BCUT2D eigenvalue weighted by atomic mass is 9.98. The Balaban J connectivity index is 2.56. The maximum Gasteiger partial charge on any atom is 0.573 e. The molecule has 0 aliphatic carbocycles. The van der Waals surface area contributed by atoms with Gasteiger partial charge in [-0.1, -0.05) is 30.3 Å². The Hall–Kier alpha value is -2.76. The number of alkyl halides is 3. The zero-order chi connectivity index (χ0) is 17.0. The fourth-order valence-electron chi connectivity index (χ4n) is 2.12. The topological polar surface area (TPSA) is 46.5 Å². The van der Waals surface area contributed by atoms with Crippen LogP contribution >= 0.6 is 0 Å². The number of ether oxygens (including phenoxy) is 1. The number of carboxylic acid groups (broad SMARTS) is 1. The summed E-state index contributed by atoms with van der Waals surface area (Å²) in [6.07, 6.45) is -2.58. The van der Waals surface area contributed by atoms with Crippen LogP contribution in [0.25, 0.3) is 17.2 Å². The molecule has 0 saturated heterocycles. The molecule has 0 amide bonds. The lowest BCUT2D eigenvalue weighted by Crippen LogP contribution is -2.17. The highest BCUT2D eigenvalue weighted by Crippen LogP contribution is 2.36. The van der Waals surface area contributed by atoms with Crippen molar-refractivity contribution in [3.8, 4) is 16.9 Å². The quantitative estimate of drug-likeness (QED) is 0.833. The second-order valence-corrected chi connectivity index (χ2v) is 4.79. The maximum atomic E-state index is 12.6. The first-order chi connectivity index (χ1) is 10.8. The number of halogens is 3. The van der Waals surface area contributed by atoms with Gasteiger partial charge in [-0.25, -0.2) is 4.79 Å². The van der Waals surface area contributed by atoms with E-state index in [2.05, 4.69) is 4.74 Å². The molecule has 120 valence electrons. The van der Waals surface area contributed by atoms with Gasteiger partial charge in [0.25, 0.3) is 0 Å². The second-order valence-electron chi connectivity index (χ2n) is 4.79. The van der Waals surface area contributed by atoms with Crippen LogP contribution in [0.5, 0.6) is 5.75 Å². The minimum Gasteiger partial charge on any atom is -0.478 e. The van der Waals surface area contributed by atoms with Crippen molar-refractivity contribution < 1.29 is 27.8 Å². The van der Waals surface area contributed by atoms with Gasteiger partial charge >= 0.3 is 12.3 Å². The molecule has 23 heavy (non-hydrogen) atoms. The molecule has 2 rings (SSSR count). The lowest BCUT2D eigenvalue weighted by molar-refractivity contribution is -0.274. The standard InChI is InChI=1S/C17H13F3O3/c1-11-4-2-3-5-13(11)14-10-12(7-9-16(21)22)6-8-15(14)23-17(18,19)20/h2-10H,1H3,(H,21,22)/b9-7+. The van der Waals surface area contributed by atoms with E-state index in [-0.39, 0.29) is 11.3 Å². The normalized spacial score (nSPS) is 11.7. The molecule has 0 heterocycles. The van der Waals surface area contributed by atoms with E-state index in [4.69, 9.17) is 5.11 Å². The molecule has 6 heteroatoms. The van der Waals surface area contributed by atoms with Crippen LogP contribution in [0.4, 0.5) is 13.2 Å². The Bertz CT molecular complexity index is 749. The van der Waals surface area contributed by atoms with Crippen molar-refractivity contribution in [2.75, 3.05) is 0 Å². The summed E-state index contributed by atoms with van der Waals surface area (Å²) in [7, 11) is 0. The molecule has 0 spiro atoms. The summed E-state index contributed by atoms with van der Waals surface area (Å²) in [5, 5.41) is 8.65. The molecule has 0 aliphatic rings. The van der Waals surface area contributed by atoms with Gasteiger partial charge in [-0.15, -0.1) is 13.2 Å². The van der Waals surface area contributed by atoms with Gasteiger partial charge in [0.2, 0.25) is 0 Å². The zero-order valence-corrected chi connectivity index (χ0v) is 12.1. The Labute approximate surface area is 130 Å². The fraction of sp³-hybridized carbons (Fsp3) is 0.118. The van der Waals surface area contributed by atoms with Crippen molar-refractivity contribution in [1.29, 1.82) is 0 Å². The van der Waals surface area contributed by atoms with E-state index in [0.717, 1.165) is 11.6 Å². The van der Waals surface area contributed by atoms with Gasteiger partial charge in [0, 0.05) is 11.6 Å². The van der Waals surface area contributed by atoms with E-state index < -0.39 is 12.3 Å². The molecule has 0 bridgehead atoms. The van der Waals surface area contributed by atoms with Crippen LogP contribution in [-0.2, 0) is 4.79 Å². The minimum absolute atomic E-state index is 0.243. The average molecular weight is 322 g/mol. The second kappa shape index (κ2) is 6.56. The Morgan fingerprint density at radius 3 is 2.43 bits per heavy atom. The molecule has 2 aromatic carbocycles. The van der Waals surface area contributed by atoms with Crippen molar-refractivity contribution in [2.45, 2.75) is 13.3 Å². The highest BCUT2D eigenvalue weighted by molar-refractivity contribution is 5.86. The van der Waals surface area contributed by atoms with E-state index in [1.165, 1.54) is 24.3 Å². The number of carbonyl (C=O) groups is 1. The summed E-state index contributed by atoms with van der Waals surface area (Å²) < 4.78 is 41.8. The number of hydrogen-bond acceptors (Lipinski definition) is 2. The molecule has 0 unspecified atom stereocenters. The van der Waals surface area contributed by atoms with Gasteiger partial charge in [-0.2, -0.15) is 0 Å². The summed E-state index contributed by atoms with van der Waals surface area (Å²) in [6, 6.07) is 10.9. The molecule has 1 N–H and O–H groups in total. The highest BCUT2D eigenvalue weighted by atomic mass is 19.4. The SMILES string of the molecule is Cc1ccccc1-c1cc(/C=C/C(=O)O)ccc1OC(F)(F)F. The van der Waals surface area contributed by atoms with Gasteiger partial charge in [0.15, 0.2) is 0 Å². The van der Waals surface area contributed by atoms with Gasteiger partial charge < -0.3 is 9.84 Å².